The molecule has 146 valence electrons. The lowest BCUT2D eigenvalue weighted by Gasteiger charge is -2.36. The van der Waals surface area contributed by atoms with Crippen LogP contribution in [0.25, 0.3) is 0 Å². The molecule has 1 N–H and O–H groups in total. The second kappa shape index (κ2) is 8.85. The standard InChI is InChI=1S/C21H33NO4/c1-6-7-8-9-10-11-12-15-13-21(3,26-5)20(24)17-16(15)18(23)19(25-4)14(2)22-17/h15H,6-13H2,1-5H3,(H,22,23)/t15-,21?/m1/s1. The van der Waals surface area contributed by atoms with E-state index < -0.39 is 5.60 Å². The van der Waals surface area contributed by atoms with Gasteiger partial charge in [-0.3, -0.25) is 9.59 Å². The first-order valence-corrected chi connectivity index (χ1v) is 9.80. The van der Waals surface area contributed by atoms with Gasteiger partial charge in [-0.15, -0.1) is 0 Å². The lowest BCUT2D eigenvalue weighted by Crippen LogP contribution is -2.45. The Morgan fingerprint density at radius 2 is 1.77 bits per heavy atom. The zero-order valence-corrected chi connectivity index (χ0v) is 16.9. The number of aromatic amines is 1. The molecule has 1 heterocycles. The summed E-state index contributed by atoms with van der Waals surface area (Å²) in [7, 11) is 3.07. The van der Waals surface area contributed by atoms with Crippen LogP contribution in [0.5, 0.6) is 5.75 Å². The highest BCUT2D eigenvalue weighted by Crippen LogP contribution is 2.40. The third-order valence-electron chi connectivity index (χ3n) is 5.69. The third kappa shape index (κ3) is 4.03. The van der Waals surface area contributed by atoms with Crippen LogP contribution >= 0.6 is 0 Å². The number of carbonyl (C=O) groups excluding carboxylic acids is 1. The van der Waals surface area contributed by atoms with Gasteiger partial charge in [-0.25, -0.2) is 0 Å². The van der Waals surface area contributed by atoms with Gasteiger partial charge in [0.05, 0.1) is 18.5 Å². The van der Waals surface area contributed by atoms with Gasteiger partial charge in [0.2, 0.25) is 11.2 Å². The van der Waals surface area contributed by atoms with Gasteiger partial charge >= 0.3 is 0 Å². The van der Waals surface area contributed by atoms with Crippen LogP contribution < -0.4 is 10.2 Å². The highest BCUT2D eigenvalue weighted by molar-refractivity contribution is 6.03. The molecule has 0 saturated heterocycles. The van der Waals surface area contributed by atoms with Crippen molar-refractivity contribution >= 4 is 5.78 Å². The minimum absolute atomic E-state index is 0.0112. The SMILES string of the molecule is CCCCCCCC[C@@H]1CC(C)(OC)C(=O)c2[nH]c(C)c(OC)c(=O)c21. The Hall–Kier alpha value is -1.62. The molecule has 1 aromatic rings. The molecule has 0 fully saturated rings. The summed E-state index contributed by atoms with van der Waals surface area (Å²) in [5.74, 6) is 0.180. The number of rotatable bonds is 9. The van der Waals surface area contributed by atoms with Crippen LogP contribution in [-0.4, -0.2) is 30.6 Å². The predicted octanol–water partition coefficient (Wildman–Crippen LogP) is 4.52. The van der Waals surface area contributed by atoms with Gasteiger partial charge in [0.25, 0.3) is 0 Å². The second-order valence-corrected chi connectivity index (χ2v) is 7.62. The van der Waals surface area contributed by atoms with E-state index in [0.29, 0.717) is 29.1 Å². The van der Waals surface area contributed by atoms with E-state index in [1.165, 1.54) is 32.8 Å². The molecular formula is C21H33NO4. The summed E-state index contributed by atoms with van der Waals surface area (Å²) < 4.78 is 10.9. The molecule has 0 amide bonds. The number of hydrogen-bond acceptors (Lipinski definition) is 4. The zero-order chi connectivity index (χ0) is 19.3. The summed E-state index contributed by atoms with van der Waals surface area (Å²) >= 11 is 0. The van der Waals surface area contributed by atoms with E-state index >= 15 is 0 Å². The van der Waals surface area contributed by atoms with E-state index in [4.69, 9.17) is 9.47 Å². The first-order valence-electron chi connectivity index (χ1n) is 9.80. The van der Waals surface area contributed by atoms with Gasteiger partial charge in [-0.1, -0.05) is 45.4 Å². The number of nitrogens with one attached hydrogen (secondary N) is 1. The van der Waals surface area contributed by atoms with Crippen LogP contribution in [0.1, 0.15) is 92.9 Å². The molecule has 0 radical (unpaired) electrons. The molecule has 1 aliphatic carbocycles. The average Bonchev–Trinajstić information content (AvgIpc) is 2.62. The number of aryl methyl sites for hydroxylation is 1. The van der Waals surface area contributed by atoms with Crippen LogP contribution in [-0.2, 0) is 4.74 Å². The van der Waals surface area contributed by atoms with Gasteiger partial charge in [-0.05, 0) is 32.6 Å². The summed E-state index contributed by atoms with van der Waals surface area (Å²) in [5, 5.41) is 0. The van der Waals surface area contributed by atoms with Crippen molar-refractivity contribution in [1.82, 2.24) is 4.98 Å². The fraction of sp³-hybridized carbons (Fsp3) is 0.714. The molecule has 0 aliphatic heterocycles. The van der Waals surface area contributed by atoms with Crippen molar-refractivity contribution in [3.63, 3.8) is 0 Å². The molecule has 0 saturated carbocycles. The number of hydrogen-bond donors (Lipinski definition) is 1. The van der Waals surface area contributed by atoms with E-state index in [2.05, 4.69) is 11.9 Å². The fourth-order valence-corrected chi connectivity index (χ4v) is 4.05. The Bertz CT molecular complexity index is 694. The summed E-state index contributed by atoms with van der Waals surface area (Å²) in [6.07, 6.45) is 8.64. The van der Waals surface area contributed by atoms with E-state index in [-0.39, 0.29) is 17.1 Å². The normalized spacial score (nSPS) is 22.3. The average molecular weight is 363 g/mol. The van der Waals surface area contributed by atoms with E-state index in [9.17, 15) is 9.59 Å². The Kier molecular flexibility index (Phi) is 7.04. The summed E-state index contributed by atoms with van der Waals surface area (Å²) in [6, 6.07) is 0. The molecular weight excluding hydrogens is 330 g/mol. The van der Waals surface area contributed by atoms with Crippen LogP contribution in [0, 0.1) is 6.92 Å². The summed E-state index contributed by atoms with van der Waals surface area (Å²) in [5.41, 5.74) is 0.536. The van der Waals surface area contributed by atoms with Crippen LogP contribution in [0.3, 0.4) is 0 Å². The van der Waals surface area contributed by atoms with Crippen molar-refractivity contribution in [1.29, 1.82) is 0 Å². The van der Waals surface area contributed by atoms with Crippen LogP contribution in [0.15, 0.2) is 4.79 Å². The molecule has 1 aliphatic rings. The minimum atomic E-state index is -0.885. The molecule has 26 heavy (non-hydrogen) atoms. The van der Waals surface area contributed by atoms with E-state index in [1.54, 1.807) is 14.0 Å². The molecule has 0 bridgehead atoms. The predicted molar refractivity (Wildman–Crippen MR) is 103 cm³/mol. The number of fused-ring (bicyclic) bond motifs is 1. The fourth-order valence-electron chi connectivity index (χ4n) is 4.05. The Balaban J connectivity index is 2.30. The monoisotopic (exact) mass is 363 g/mol. The maximum atomic E-state index is 13.0. The molecule has 2 atom stereocenters. The number of methoxy groups -OCH3 is 2. The summed E-state index contributed by atoms with van der Waals surface area (Å²) in [6.45, 7) is 5.79. The third-order valence-corrected chi connectivity index (χ3v) is 5.69. The maximum absolute atomic E-state index is 13.0. The van der Waals surface area contributed by atoms with Crippen LogP contribution in [0.2, 0.25) is 0 Å². The number of carbonyl (C=O) groups is 1. The molecule has 1 aromatic heterocycles. The van der Waals surface area contributed by atoms with E-state index in [0.717, 1.165) is 19.3 Å². The number of unbranched alkanes of at least 4 members (excludes halogenated alkanes) is 5. The van der Waals surface area contributed by atoms with Gasteiger partial charge in [0, 0.05) is 12.7 Å². The van der Waals surface area contributed by atoms with Crippen molar-refractivity contribution in [2.24, 2.45) is 0 Å². The first-order chi connectivity index (χ1) is 12.4. The van der Waals surface area contributed by atoms with Crippen molar-refractivity contribution in [3.8, 4) is 5.75 Å². The quantitative estimate of drug-likeness (QED) is 0.655. The number of Topliss-reactive ketones (excluding diaryl/α,β-unsaturated/α-hetero) is 1. The van der Waals surface area contributed by atoms with Gasteiger partial charge < -0.3 is 14.5 Å². The lowest BCUT2D eigenvalue weighted by atomic mass is 9.73. The summed E-state index contributed by atoms with van der Waals surface area (Å²) in [4.78, 5) is 29.0. The van der Waals surface area contributed by atoms with Gasteiger partial charge in [0.15, 0.2) is 5.75 Å². The molecule has 1 unspecified atom stereocenters. The first kappa shape index (κ1) is 20.7. The molecule has 2 rings (SSSR count). The molecule has 5 heteroatoms. The highest BCUT2D eigenvalue weighted by Gasteiger charge is 2.45. The van der Waals surface area contributed by atoms with E-state index in [1.807, 2.05) is 6.92 Å². The number of aromatic nitrogens is 1. The molecule has 0 aromatic carbocycles. The van der Waals surface area contributed by atoms with Crippen molar-refractivity contribution in [2.75, 3.05) is 14.2 Å². The Morgan fingerprint density at radius 3 is 2.38 bits per heavy atom. The Labute approximate surface area is 156 Å². The van der Waals surface area contributed by atoms with Crippen molar-refractivity contribution < 1.29 is 14.3 Å². The van der Waals surface area contributed by atoms with Crippen LogP contribution in [0.4, 0.5) is 0 Å². The number of ketones is 1. The largest absolute Gasteiger partial charge is 0.491 e. The zero-order valence-electron chi connectivity index (χ0n) is 16.9. The molecule has 0 spiro atoms. The number of H-pyrrole nitrogens is 1. The number of ether oxygens (including phenoxy) is 2. The van der Waals surface area contributed by atoms with Gasteiger partial charge in [0.1, 0.15) is 5.60 Å². The second-order valence-electron chi connectivity index (χ2n) is 7.62. The smallest absolute Gasteiger partial charge is 0.227 e. The maximum Gasteiger partial charge on any atom is 0.227 e. The van der Waals surface area contributed by atoms with Crippen molar-refractivity contribution in [2.45, 2.75) is 83.7 Å². The Morgan fingerprint density at radius 1 is 1.12 bits per heavy atom. The number of pyridine rings is 1. The van der Waals surface area contributed by atoms with Gasteiger partial charge in [-0.2, -0.15) is 0 Å². The highest BCUT2D eigenvalue weighted by atomic mass is 16.5. The van der Waals surface area contributed by atoms with Crippen molar-refractivity contribution in [3.05, 3.63) is 27.2 Å². The minimum Gasteiger partial charge on any atom is -0.491 e. The lowest BCUT2D eigenvalue weighted by molar-refractivity contribution is -0.000849. The molecule has 5 nitrogen and oxygen atoms in total. The topological polar surface area (TPSA) is 68.4 Å².